The number of nitrogens with one attached hydrogen (secondary N) is 1. The van der Waals surface area contributed by atoms with Gasteiger partial charge in [-0.2, -0.15) is 16.3 Å². The highest BCUT2D eigenvalue weighted by Crippen LogP contribution is 2.26. The van der Waals surface area contributed by atoms with Crippen LogP contribution in [0.25, 0.3) is 22.2 Å². The third-order valence-corrected chi connectivity index (χ3v) is 4.91. The molecular formula is C16H17N5OS. The average molecular weight is 327 g/mol. The highest BCUT2D eigenvalue weighted by Gasteiger charge is 2.18. The van der Waals surface area contributed by atoms with E-state index in [1.807, 2.05) is 22.9 Å². The summed E-state index contributed by atoms with van der Waals surface area (Å²) in [5, 5.41) is 4.59. The van der Waals surface area contributed by atoms with Gasteiger partial charge in [-0.15, -0.1) is 0 Å². The third kappa shape index (κ3) is 2.62. The lowest BCUT2D eigenvalue weighted by atomic mass is 10.1. The monoisotopic (exact) mass is 327 g/mol. The maximum absolute atomic E-state index is 12.7. The van der Waals surface area contributed by atoms with Crippen molar-refractivity contribution in [1.82, 2.24) is 19.9 Å². The molecule has 1 saturated heterocycles. The predicted molar refractivity (Wildman–Crippen MR) is 93.2 cm³/mol. The van der Waals surface area contributed by atoms with E-state index in [-0.39, 0.29) is 5.56 Å². The molecule has 0 saturated carbocycles. The van der Waals surface area contributed by atoms with Crippen molar-refractivity contribution in [2.24, 2.45) is 0 Å². The Bertz CT molecular complexity index is 881. The van der Waals surface area contributed by atoms with Crippen LogP contribution in [0.4, 0.5) is 5.95 Å². The first kappa shape index (κ1) is 14.3. The fraction of sp³-hybridized carbons (Fsp3) is 0.312. The highest BCUT2D eigenvalue weighted by atomic mass is 32.1. The minimum absolute atomic E-state index is 0.127. The SMILES string of the molecule is CN1CCN(c2nc3nccc(-c4ccsc4)c3c(=O)[nH]2)CC1. The quantitative estimate of drug-likeness (QED) is 0.777. The van der Waals surface area contributed by atoms with Gasteiger partial charge in [0.05, 0.1) is 5.39 Å². The molecule has 1 aliphatic heterocycles. The molecule has 6 nitrogen and oxygen atoms in total. The van der Waals surface area contributed by atoms with Crippen LogP contribution in [0.3, 0.4) is 0 Å². The molecule has 1 N–H and O–H groups in total. The van der Waals surface area contributed by atoms with Crippen molar-refractivity contribution in [2.75, 3.05) is 38.1 Å². The standard InChI is InChI=1S/C16H17N5OS/c1-20-5-7-21(8-6-20)16-18-14-13(15(22)19-16)12(2-4-17-14)11-3-9-23-10-11/h2-4,9-10H,5-8H2,1H3,(H,17,18,19,22). The maximum atomic E-state index is 12.7. The Balaban J connectivity index is 1.82. The number of anilines is 1. The predicted octanol–water partition coefficient (Wildman–Crippen LogP) is 1.80. The van der Waals surface area contributed by atoms with Gasteiger partial charge >= 0.3 is 0 Å². The molecule has 4 heterocycles. The summed E-state index contributed by atoms with van der Waals surface area (Å²) in [6, 6.07) is 3.88. The van der Waals surface area contributed by atoms with E-state index in [1.165, 1.54) is 0 Å². The molecule has 0 radical (unpaired) electrons. The molecule has 7 heteroatoms. The van der Waals surface area contributed by atoms with Crippen molar-refractivity contribution in [1.29, 1.82) is 0 Å². The van der Waals surface area contributed by atoms with Gasteiger partial charge in [-0.3, -0.25) is 9.78 Å². The molecule has 0 atom stereocenters. The number of likely N-dealkylation sites (N-methyl/N-ethyl adjacent to an activating group) is 1. The number of aromatic nitrogens is 3. The van der Waals surface area contributed by atoms with Crippen molar-refractivity contribution in [3.8, 4) is 11.1 Å². The molecule has 4 rings (SSSR count). The van der Waals surface area contributed by atoms with Crippen molar-refractivity contribution in [3.63, 3.8) is 0 Å². The van der Waals surface area contributed by atoms with Gasteiger partial charge in [0.1, 0.15) is 0 Å². The summed E-state index contributed by atoms with van der Waals surface area (Å²) in [6.45, 7) is 3.64. The number of piperazine rings is 1. The Kier molecular flexibility index (Phi) is 3.59. The Hall–Kier alpha value is -2.25. The zero-order valence-corrected chi connectivity index (χ0v) is 13.6. The molecule has 3 aromatic rings. The number of nitrogens with zero attached hydrogens (tertiary/aromatic N) is 4. The number of pyridine rings is 1. The van der Waals surface area contributed by atoms with Gasteiger partial charge in [0.15, 0.2) is 5.65 Å². The average Bonchev–Trinajstić information content (AvgIpc) is 3.09. The van der Waals surface area contributed by atoms with E-state index in [0.717, 1.165) is 37.3 Å². The Labute approximate surface area is 137 Å². The van der Waals surface area contributed by atoms with Gasteiger partial charge in [-0.25, -0.2) is 4.98 Å². The van der Waals surface area contributed by atoms with Crippen LogP contribution in [0, 0.1) is 0 Å². The van der Waals surface area contributed by atoms with Crippen LogP contribution < -0.4 is 10.5 Å². The summed E-state index contributed by atoms with van der Waals surface area (Å²) in [6.07, 6.45) is 1.72. The molecular weight excluding hydrogens is 310 g/mol. The molecule has 1 aliphatic rings. The van der Waals surface area contributed by atoms with Crippen LogP contribution in [-0.2, 0) is 0 Å². The van der Waals surface area contributed by atoms with Crippen molar-refractivity contribution in [2.45, 2.75) is 0 Å². The normalized spacial score (nSPS) is 16.1. The minimum atomic E-state index is -0.127. The van der Waals surface area contributed by atoms with Crippen LogP contribution in [-0.4, -0.2) is 53.1 Å². The second-order valence-electron chi connectivity index (χ2n) is 5.75. The number of aromatic amines is 1. The smallest absolute Gasteiger partial charge is 0.262 e. The first-order chi connectivity index (χ1) is 11.2. The number of thiophene rings is 1. The Morgan fingerprint density at radius 1 is 1.22 bits per heavy atom. The van der Waals surface area contributed by atoms with Crippen LogP contribution in [0.1, 0.15) is 0 Å². The molecule has 0 amide bonds. The van der Waals surface area contributed by atoms with E-state index in [9.17, 15) is 4.79 Å². The van der Waals surface area contributed by atoms with E-state index < -0.39 is 0 Å². The summed E-state index contributed by atoms with van der Waals surface area (Å²) in [5.41, 5.74) is 2.29. The largest absolute Gasteiger partial charge is 0.340 e. The molecule has 0 spiro atoms. The second kappa shape index (κ2) is 5.75. The number of hydrogen-bond donors (Lipinski definition) is 1. The van der Waals surface area contributed by atoms with Crippen LogP contribution in [0.5, 0.6) is 0 Å². The van der Waals surface area contributed by atoms with Gasteiger partial charge in [-0.1, -0.05) is 0 Å². The van der Waals surface area contributed by atoms with Crippen LogP contribution in [0.2, 0.25) is 0 Å². The third-order valence-electron chi connectivity index (χ3n) is 4.23. The lowest BCUT2D eigenvalue weighted by molar-refractivity contribution is 0.311. The van der Waals surface area contributed by atoms with Gasteiger partial charge in [0.2, 0.25) is 5.95 Å². The Morgan fingerprint density at radius 2 is 2.04 bits per heavy atom. The summed E-state index contributed by atoms with van der Waals surface area (Å²) < 4.78 is 0. The van der Waals surface area contributed by atoms with Gasteiger partial charge in [0.25, 0.3) is 5.56 Å². The lowest BCUT2D eigenvalue weighted by Crippen LogP contribution is -2.45. The summed E-state index contributed by atoms with van der Waals surface area (Å²) in [7, 11) is 2.10. The first-order valence-corrected chi connectivity index (χ1v) is 8.52. The van der Waals surface area contributed by atoms with E-state index >= 15 is 0 Å². The van der Waals surface area contributed by atoms with Gasteiger partial charge in [0, 0.05) is 37.9 Å². The van der Waals surface area contributed by atoms with E-state index in [4.69, 9.17) is 0 Å². The number of H-pyrrole nitrogens is 1. The highest BCUT2D eigenvalue weighted by molar-refractivity contribution is 7.08. The molecule has 1 fully saturated rings. The fourth-order valence-corrected chi connectivity index (χ4v) is 3.53. The molecule has 0 bridgehead atoms. The molecule has 118 valence electrons. The molecule has 0 aliphatic carbocycles. The number of hydrogen-bond acceptors (Lipinski definition) is 6. The second-order valence-corrected chi connectivity index (χ2v) is 6.53. The van der Waals surface area contributed by atoms with Crippen LogP contribution in [0.15, 0.2) is 33.9 Å². The summed E-state index contributed by atoms with van der Waals surface area (Å²) >= 11 is 1.61. The lowest BCUT2D eigenvalue weighted by Gasteiger charge is -2.32. The summed E-state index contributed by atoms with van der Waals surface area (Å²) in [5.74, 6) is 0.616. The molecule has 0 unspecified atom stereocenters. The van der Waals surface area contributed by atoms with E-state index in [0.29, 0.717) is 17.0 Å². The first-order valence-electron chi connectivity index (χ1n) is 7.57. The molecule has 23 heavy (non-hydrogen) atoms. The summed E-state index contributed by atoms with van der Waals surface area (Å²) in [4.78, 5) is 28.9. The minimum Gasteiger partial charge on any atom is -0.340 e. The zero-order chi connectivity index (χ0) is 15.8. The van der Waals surface area contributed by atoms with E-state index in [1.54, 1.807) is 17.5 Å². The van der Waals surface area contributed by atoms with Crippen molar-refractivity contribution < 1.29 is 0 Å². The van der Waals surface area contributed by atoms with Crippen molar-refractivity contribution >= 4 is 28.3 Å². The molecule has 3 aromatic heterocycles. The van der Waals surface area contributed by atoms with Crippen LogP contribution >= 0.6 is 11.3 Å². The number of rotatable bonds is 2. The zero-order valence-electron chi connectivity index (χ0n) is 12.8. The Morgan fingerprint density at radius 3 is 2.78 bits per heavy atom. The van der Waals surface area contributed by atoms with Gasteiger partial charge in [-0.05, 0) is 35.5 Å². The van der Waals surface area contributed by atoms with Crippen molar-refractivity contribution in [3.05, 3.63) is 39.4 Å². The maximum Gasteiger partial charge on any atom is 0.262 e. The molecule has 0 aromatic carbocycles. The van der Waals surface area contributed by atoms with E-state index in [2.05, 4.69) is 31.8 Å². The fourth-order valence-electron chi connectivity index (χ4n) is 2.88. The number of fused-ring (bicyclic) bond motifs is 1. The van der Waals surface area contributed by atoms with Gasteiger partial charge < -0.3 is 9.80 Å². The topological polar surface area (TPSA) is 65.1 Å².